The largest absolute Gasteiger partial charge is 0.466 e. The first-order valence-electron chi connectivity index (χ1n) is 6.72. The van der Waals surface area contributed by atoms with Crippen molar-refractivity contribution in [2.24, 2.45) is 5.92 Å². The zero-order valence-corrected chi connectivity index (χ0v) is 11.6. The van der Waals surface area contributed by atoms with Gasteiger partial charge in [0.2, 0.25) is 0 Å². The van der Waals surface area contributed by atoms with Crippen molar-refractivity contribution < 1.29 is 14.6 Å². The van der Waals surface area contributed by atoms with E-state index in [0.717, 1.165) is 12.0 Å². The van der Waals surface area contributed by atoms with Crippen LogP contribution in [0.5, 0.6) is 0 Å². The van der Waals surface area contributed by atoms with Gasteiger partial charge in [-0.05, 0) is 18.9 Å². The van der Waals surface area contributed by atoms with Crippen LogP contribution >= 0.6 is 0 Å². The Morgan fingerprint density at radius 1 is 1.37 bits per heavy atom. The van der Waals surface area contributed by atoms with E-state index >= 15 is 0 Å². The minimum Gasteiger partial charge on any atom is -0.466 e. The van der Waals surface area contributed by atoms with Crippen molar-refractivity contribution >= 4 is 5.97 Å². The Bertz CT molecular complexity index is 367. The SMILES string of the molecule is CCOC(=O)C(C)CNC(CO)Cc1ccccc1. The van der Waals surface area contributed by atoms with Gasteiger partial charge in [0.15, 0.2) is 0 Å². The molecule has 0 radical (unpaired) electrons. The van der Waals surface area contributed by atoms with Crippen molar-refractivity contribution in [2.45, 2.75) is 26.3 Å². The molecule has 2 unspecified atom stereocenters. The van der Waals surface area contributed by atoms with Gasteiger partial charge in [-0.3, -0.25) is 4.79 Å². The molecule has 0 aliphatic rings. The first kappa shape index (κ1) is 15.7. The van der Waals surface area contributed by atoms with Gasteiger partial charge in [0.25, 0.3) is 0 Å². The number of carbonyl (C=O) groups excluding carboxylic acids is 1. The first-order chi connectivity index (χ1) is 9.17. The highest BCUT2D eigenvalue weighted by molar-refractivity contribution is 5.72. The van der Waals surface area contributed by atoms with E-state index in [1.165, 1.54) is 0 Å². The van der Waals surface area contributed by atoms with Gasteiger partial charge in [-0.2, -0.15) is 0 Å². The zero-order chi connectivity index (χ0) is 14.1. The van der Waals surface area contributed by atoms with Crippen LogP contribution in [-0.2, 0) is 16.0 Å². The van der Waals surface area contributed by atoms with E-state index in [9.17, 15) is 9.90 Å². The number of benzene rings is 1. The molecule has 1 aromatic rings. The van der Waals surface area contributed by atoms with Crippen LogP contribution in [0, 0.1) is 5.92 Å². The van der Waals surface area contributed by atoms with Crippen molar-refractivity contribution in [1.82, 2.24) is 5.32 Å². The Hall–Kier alpha value is -1.39. The molecule has 0 aliphatic carbocycles. The number of rotatable bonds is 8. The van der Waals surface area contributed by atoms with Gasteiger partial charge >= 0.3 is 5.97 Å². The molecule has 106 valence electrons. The molecule has 0 spiro atoms. The van der Waals surface area contributed by atoms with Crippen LogP contribution in [0.15, 0.2) is 30.3 Å². The van der Waals surface area contributed by atoms with E-state index in [-0.39, 0.29) is 24.5 Å². The van der Waals surface area contributed by atoms with Crippen LogP contribution in [0.25, 0.3) is 0 Å². The summed E-state index contributed by atoms with van der Waals surface area (Å²) < 4.78 is 4.95. The molecule has 19 heavy (non-hydrogen) atoms. The van der Waals surface area contributed by atoms with Gasteiger partial charge in [0.05, 0.1) is 19.1 Å². The fourth-order valence-electron chi connectivity index (χ4n) is 1.81. The molecule has 4 nitrogen and oxygen atoms in total. The highest BCUT2D eigenvalue weighted by Crippen LogP contribution is 2.04. The number of esters is 1. The fraction of sp³-hybridized carbons (Fsp3) is 0.533. The second-order valence-corrected chi connectivity index (χ2v) is 4.63. The number of carbonyl (C=O) groups is 1. The third-order valence-corrected chi connectivity index (χ3v) is 2.95. The predicted octanol–water partition coefficient (Wildman–Crippen LogP) is 1.38. The molecule has 0 aliphatic heterocycles. The average molecular weight is 265 g/mol. The van der Waals surface area contributed by atoms with E-state index in [1.807, 2.05) is 37.3 Å². The monoisotopic (exact) mass is 265 g/mol. The number of hydrogen-bond acceptors (Lipinski definition) is 4. The molecule has 0 fully saturated rings. The highest BCUT2D eigenvalue weighted by atomic mass is 16.5. The Balaban J connectivity index is 2.38. The Labute approximate surface area is 114 Å². The summed E-state index contributed by atoms with van der Waals surface area (Å²) >= 11 is 0. The number of aliphatic hydroxyl groups is 1. The Morgan fingerprint density at radius 2 is 2.05 bits per heavy atom. The quantitative estimate of drug-likeness (QED) is 0.697. The summed E-state index contributed by atoms with van der Waals surface area (Å²) in [6, 6.07) is 9.93. The van der Waals surface area contributed by atoms with Crippen molar-refractivity contribution in [3.8, 4) is 0 Å². The maximum atomic E-state index is 11.5. The second kappa shape index (κ2) is 8.67. The molecule has 2 atom stereocenters. The molecule has 0 saturated heterocycles. The molecule has 1 rings (SSSR count). The van der Waals surface area contributed by atoms with Gasteiger partial charge in [0.1, 0.15) is 0 Å². The van der Waals surface area contributed by atoms with Crippen LogP contribution < -0.4 is 5.32 Å². The first-order valence-corrected chi connectivity index (χ1v) is 6.72. The van der Waals surface area contributed by atoms with Crippen LogP contribution in [0.2, 0.25) is 0 Å². The standard InChI is InChI=1S/C15H23NO3/c1-3-19-15(18)12(2)10-16-14(11-17)9-13-7-5-4-6-8-13/h4-8,12,14,16-17H,3,9-11H2,1-2H3. The molecule has 0 bridgehead atoms. The molecule has 1 aromatic carbocycles. The molecule has 0 saturated carbocycles. The molecule has 0 aromatic heterocycles. The summed E-state index contributed by atoms with van der Waals surface area (Å²) in [7, 11) is 0. The van der Waals surface area contributed by atoms with Gasteiger partial charge in [-0.25, -0.2) is 0 Å². The van der Waals surface area contributed by atoms with E-state index in [4.69, 9.17) is 4.74 Å². The molecular formula is C15H23NO3. The smallest absolute Gasteiger partial charge is 0.309 e. The average Bonchev–Trinajstić information content (AvgIpc) is 2.44. The molecule has 0 heterocycles. The van der Waals surface area contributed by atoms with Gasteiger partial charge in [-0.1, -0.05) is 37.3 Å². The topological polar surface area (TPSA) is 58.6 Å². The Kier molecular flexibility index (Phi) is 7.15. The lowest BCUT2D eigenvalue weighted by atomic mass is 10.1. The number of aliphatic hydroxyl groups excluding tert-OH is 1. The van der Waals surface area contributed by atoms with Gasteiger partial charge in [0, 0.05) is 12.6 Å². The third kappa shape index (κ3) is 5.85. The summed E-state index contributed by atoms with van der Waals surface area (Å²) in [6.45, 7) is 4.57. The summed E-state index contributed by atoms with van der Waals surface area (Å²) in [4.78, 5) is 11.5. The lowest BCUT2D eigenvalue weighted by Gasteiger charge is -2.18. The van der Waals surface area contributed by atoms with Crippen molar-refractivity contribution in [3.63, 3.8) is 0 Å². The van der Waals surface area contributed by atoms with Crippen molar-refractivity contribution in [2.75, 3.05) is 19.8 Å². The van der Waals surface area contributed by atoms with E-state index < -0.39 is 0 Å². The predicted molar refractivity (Wildman–Crippen MR) is 74.8 cm³/mol. The zero-order valence-electron chi connectivity index (χ0n) is 11.6. The second-order valence-electron chi connectivity index (χ2n) is 4.63. The van der Waals surface area contributed by atoms with Crippen molar-refractivity contribution in [1.29, 1.82) is 0 Å². The van der Waals surface area contributed by atoms with Crippen LogP contribution in [-0.4, -0.2) is 36.9 Å². The van der Waals surface area contributed by atoms with Gasteiger partial charge in [-0.15, -0.1) is 0 Å². The minimum atomic E-state index is -0.204. The van der Waals surface area contributed by atoms with Crippen LogP contribution in [0.1, 0.15) is 19.4 Å². The van der Waals surface area contributed by atoms with Crippen LogP contribution in [0.3, 0.4) is 0 Å². The number of nitrogens with one attached hydrogen (secondary N) is 1. The number of hydrogen-bond donors (Lipinski definition) is 2. The molecule has 2 N–H and O–H groups in total. The lowest BCUT2D eigenvalue weighted by molar-refractivity contribution is -0.147. The normalized spacial score (nSPS) is 13.8. The fourth-order valence-corrected chi connectivity index (χ4v) is 1.81. The van der Waals surface area contributed by atoms with E-state index in [0.29, 0.717) is 13.2 Å². The Morgan fingerprint density at radius 3 is 2.63 bits per heavy atom. The number of ether oxygens (including phenoxy) is 1. The third-order valence-electron chi connectivity index (χ3n) is 2.95. The van der Waals surface area contributed by atoms with Crippen molar-refractivity contribution in [3.05, 3.63) is 35.9 Å². The molecule has 0 amide bonds. The summed E-state index contributed by atoms with van der Waals surface area (Å²) in [5.41, 5.74) is 1.16. The maximum absolute atomic E-state index is 11.5. The molecular weight excluding hydrogens is 242 g/mol. The minimum absolute atomic E-state index is 0.0423. The highest BCUT2D eigenvalue weighted by Gasteiger charge is 2.16. The maximum Gasteiger partial charge on any atom is 0.309 e. The van der Waals surface area contributed by atoms with E-state index in [1.54, 1.807) is 6.92 Å². The summed E-state index contributed by atoms with van der Waals surface area (Å²) in [5, 5.41) is 12.6. The van der Waals surface area contributed by atoms with Crippen LogP contribution in [0.4, 0.5) is 0 Å². The summed E-state index contributed by atoms with van der Waals surface area (Å²) in [6.07, 6.45) is 0.743. The summed E-state index contributed by atoms with van der Waals surface area (Å²) in [5.74, 6) is -0.406. The van der Waals surface area contributed by atoms with E-state index in [2.05, 4.69) is 5.32 Å². The lowest BCUT2D eigenvalue weighted by Crippen LogP contribution is -2.39. The molecule has 4 heteroatoms. The van der Waals surface area contributed by atoms with Gasteiger partial charge < -0.3 is 15.2 Å².